The molecule has 3 aromatic rings. The molecule has 4 aliphatic rings. The normalized spacial score (nSPS) is 15.0. The van der Waals surface area contributed by atoms with E-state index in [9.17, 15) is 67.1 Å². The number of hydrogen-bond donors (Lipinski definition) is 9. The van der Waals surface area contributed by atoms with Crippen molar-refractivity contribution in [3.8, 4) is 29.5 Å². The molecule has 1 aromatic carbocycles. The van der Waals surface area contributed by atoms with Crippen LogP contribution in [-0.4, -0.2) is 128 Å². The van der Waals surface area contributed by atoms with Crippen molar-refractivity contribution in [3.05, 3.63) is 56.9 Å². The van der Waals surface area contributed by atoms with E-state index in [1.165, 1.54) is 49.1 Å². The van der Waals surface area contributed by atoms with Gasteiger partial charge in [0.1, 0.15) is 12.4 Å². The number of cyclic esters (lactones) is 1. The van der Waals surface area contributed by atoms with Crippen LogP contribution in [0, 0.1) is 29.6 Å². The van der Waals surface area contributed by atoms with E-state index in [2.05, 4.69) is 67.2 Å². The number of fused-ring (bicyclic) bond motifs is 5. The molecule has 41 heteroatoms. The molecule has 0 spiro atoms. The molecule has 10 amide bonds. The van der Waals surface area contributed by atoms with Crippen LogP contribution < -0.4 is 42.1 Å². The predicted molar refractivity (Wildman–Crippen MR) is 431 cm³/mol. The van der Waals surface area contributed by atoms with E-state index in [0.29, 0.717) is 65.9 Å². The van der Waals surface area contributed by atoms with E-state index in [1.807, 2.05) is 61.2 Å². The van der Waals surface area contributed by atoms with Gasteiger partial charge in [0, 0.05) is 64.4 Å². The summed E-state index contributed by atoms with van der Waals surface area (Å²) in [4.78, 5) is 165. The Bertz CT molecular complexity index is 3300. The Kier molecular flexibility index (Phi) is 44.2. The number of terminal acetylenes is 1. The van der Waals surface area contributed by atoms with Crippen LogP contribution in [0.2, 0.25) is 0 Å². The number of pyridine rings is 2. The second-order valence-corrected chi connectivity index (χ2v) is 26.8. The third-order valence-electron chi connectivity index (χ3n) is 13.8. The largest absolute Gasteiger partial charge is 0.457 e. The van der Waals surface area contributed by atoms with E-state index >= 15 is 0 Å². The maximum absolute atomic E-state index is 14.2. The number of esters is 3. The summed E-state index contributed by atoms with van der Waals surface area (Å²) in [5.41, 5.74) is 2.06. The molecule has 0 radical (unpaired) electrons. The van der Waals surface area contributed by atoms with Crippen molar-refractivity contribution >= 4 is 309 Å². The lowest BCUT2D eigenvalue weighted by atomic mass is 9.74. The third kappa shape index (κ3) is 28.5. The van der Waals surface area contributed by atoms with Gasteiger partial charge < -0.3 is 33.3 Å². The lowest BCUT2D eigenvalue weighted by molar-refractivity contribution is -0.195. The summed E-state index contributed by atoms with van der Waals surface area (Å²) in [6, 6.07) is 7.85. The molecular weight excluding hydrogens is 2350 g/mol. The number of piperidine rings is 2. The molecule has 2 atom stereocenters. The minimum absolute atomic E-state index is 0.00870. The zero-order chi connectivity index (χ0) is 73.4. The molecule has 6 heterocycles. The number of benzene rings is 1. The van der Waals surface area contributed by atoms with Crippen LogP contribution in [0.25, 0.3) is 22.3 Å². The summed E-state index contributed by atoms with van der Waals surface area (Å²) in [7, 11) is 0. The number of carbonyl (C=O) groups is 13. The fraction of sp³-hybridized carbons (Fsp3) is 0.473. The van der Waals surface area contributed by atoms with Crippen LogP contribution in [0.1, 0.15) is 116 Å². The van der Waals surface area contributed by atoms with Gasteiger partial charge in [0.05, 0.1) is 241 Å². The SMILES string of the molecule is C#CC(=O)OC(=O)NI.CC(=O)NI.CCc1c2c(nc3ccc(OC(=O)N4CCC(N5CCCCC5)CC4)cc13)-c1cc3c(c(=O)n1C2)COC(=O)[C@@]3(CC)OC(=O)C(C(C)C)C(C)(C)C.O=C(Br)NI.O=C(NI)C(=O)NI.O=C(NI)C(=O)NI.O=C(NI)C(=O)NI. The second-order valence-electron chi connectivity index (χ2n) is 21.2. The highest BCUT2D eigenvalue weighted by molar-refractivity contribution is 14.1. The first kappa shape index (κ1) is 91.1. The topological polar surface area (TPSA) is 408 Å². The zero-order valence-electron chi connectivity index (χ0n) is 52.2. The highest BCUT2D eigenvalue weighted by Crippen LogP contribution is 2.44. The molecule has 9 N–H and O–H groups in total. The zero-order valence-corrected chi connectivity index (χ0v) is 73.2. The Hall–Kier alpha value is -2.94. The van der Waals surface area contributed by atoms with Gasteiger partial charge >= 0.3 is 65.5 Å². The second kappa shape index (κ2) is 46.5. The average Bonchev–Trinajstić information content (AvgIpc) is 1.46. The molecule has 2 saturated heterocycles. The number of amides is 10. The predicted octanol–water partition coefficient (Wildman–Crippen LogP) is 8.85. The maximum atomic E-state index is 14.2. The number of halogens is 10. The van der Waals surface area contributed by atoms with Crippen LogP contribution in [0.3, 0.4) is 0 Å². The van der Waals surface area contributed by atoms with Gasteiger partial charge in [0.25, 0.3) is 10.4 Å². The minimum Gasteiger partial charge on any atom is -0.457 e. The molecule has 31 nitrogen and oxygen atoms in total. The van der Waals surface area contributed by atoms with Crippen molar-refractivity contribution < 1.29 is 81.3 Å². The van der Waals surface area contributed by atoms with E-state index in [-0.39, 0.29) is 41.3 Å². The molecule has 2 aromatic heterocycles. The van der Waals surface area contributed by atoms with Crippen molar-refractivity contribution in [1.82, 2.24) is 51.1 Å². The number of aryl methyl sites for hydroxylation is 1. The smallest absolute Gasteiger partial charge is 0.424 e. The molecule has 1 unspecified atom stereocenters. The van der Waals surface area contributed by atoms with Crippen LogP contribution in [-0.2, 0) is 87.3 Å². The van der Waals surface area contributed by atoms with Crippen molar-refractivity contribution in [1.29, 1.82) is 0 Å². The number of rotatable bonds is 7. The van der Waals surface area contributed by atoms with Crippen molar-refractivity contribution in [2.45, 2.75) is 125 Å². The van der Waals surface area contributed by atoms with Gasteiger partial charge in [-0.05, 0) is 92.8 Å². The van der Waals surface area contributed by atoms with Gasteiger partial charge in [-0.3, -0.25) is 79.7 Å². The van der Waals surface area contributed by atoms with E-state index in [1.54, 1.807) is 206 Å². The maximum Gasteiger partial charge on any atom is 0.424 e. The summed E-state index contributed by atoms with van der Waals surface area (Å²) in [5, 5.41) is 0.864. The van der Waals surface area contributed by atoms with Gasteiger partial charge in [-0.1, -0.05) is 54.9 Å². The quantitative estimate of drug-likeness (QED) is 0.00796. The number of nitrogens with one attached hydrogen (secondary N) is 9. The molecule has 7 rings (SSSR count). The van der Waals surface area contributed by atoms with Gasteiger partial charge in [-0.25, -0.2) is 24.2 Å². The Balaban J connectivity index is 0.000000859. The number of aromatic nitrogens is 2. The standard InChI is InChI=1S/C42H54N4O7.C4H2INO3.3C2H2I2N2O2.C2H4INO.CHBrINO/c1-8-28-29-21-27(52-40(50)45-19-15-26(16-20-45)44-17-11-10-12-18-44)13-14-33(29)43-36-30(28)23-46-34(36)22-32-31(37(46)47)24-51-39(49)42(32,9-2)53-38(48)35(25(3)4)41(5,6)7;1-2-3(7)9-4(8)6-5;3*3-5-1(7)2(8)6-4;1-2(5)4-3;2-1(5)4-3/h13-14,21-22,25-26,35H,8-12,15-20,23-24H2,1-7H3;1H,(H,6,8);3*(H,5,7)(H,6,8);1H3,(H,4,5);(H,4,5)/t35?,42-;;;;;;/m0....../s1. The number of hydrogen-bond acceptors (Lipinski definition) is 20. The average molecular weight is 2420 g/mol. The van der Waals surface area contributed by atoms with Crippen LogP contribution in [0.15, 0.2) is 29.1 Å². The Morgan fingerprint density at radius 2 is 1.22 bits per heavy atom. The number of carbonyl (C=O) groups excluding carboxylic acids is 13. The first-order valence-electron chi connectivity index (χ1n) is 28.0. The summed E-state index contributed by atoms with van der Waals surface area (Å²) in [6.07, 6.45) is 9.89. The Labute approximate surface area is 686 Å². The summed E-state index contributed by atoms with van der Waals surface area (Å²) in [5.74, 6) is -4.46. The van der Waals surface area contributed by atoms with E-state index < -0.39 is 76.4 Å². The van der Waals surface area contributed by atoms with Gasteiger partial charge in [-0.15, -0.1) is 6.42 Å². The van der Waals surface area contributed by atoms with Crippen molar-refractivity contribution in [2.75, 3.05) is 26.2 Å². The first-order valence-corrected chi connectivity index (χ1v) is 38.5. The monoisotopic (exact) mass is 2420 g/mol. The van der Waals surface area contributed by atoms with Crippen molar-refractivity contribution in [2.24, 2.45) is 17.3 Å². The van der Waals surface area contributed by atoms with Crippen LogP contribution in [0.5, 0.6) is 5.75 Å². The molecule has 2 fully saturated rings. The highest BCUT2D eigenvalue weighted by Gasteiger charge is 2.52. The molecule has 96 heavy (non-hydrogen) atoms. The number of nitrogens with zero attached hydrogens (tertiary/aromatic N) is 4. The fourth-order valence-corrected chi connectivity index (χ4v) is 11.5. The van der Waals surface area contributed by atoms with Crippen LogP contribution in [0.4, 0.5) is 14.4 Å². The van der Waals surface area contributed by atoms with Gasteiger partial charge in [0.2, 0.25) is 11.5 Å². The van der Waals surface area contributed by atoms with Gasteiger partial charge in [0.15, 0.2) is 0 Å². The Morgan fingerprint density at radius 1 is 0.729 bits per heavy atom. The highest BCUT2D eigenvalue weighted by atomic mass is 127. The summed E-state index contributed by atoms with van der Waals surface area (Å²) in [6.45, 7) is 19.0. The molecule has 4 aliphatic heterocycles. The lowest BCUT2D eigenvalue weighted by Gasteiger charge is -2.39. The number of likely N-dealkylation sites (tertiary alicyclic amines) is 2. The summed E-state index contributed by atoms with van der Waals surface area (Å²) < 4.78 is 42.8. The van der Waals surface area contributed by atoms with Crippen molar-refractivity contribution in [3.63, 3.8) is 0 Å². The minimum atomic E-state index is -1.76. The van der Waals surface area contributed by atoms with E-state index in [0.717, 1.165) is 42.4 Å². The molecular formula is C55H67BrI9N13O18. The van der Waals surface area contributed by atoms with Gasteiger partial charge in [-0.2, -0.15) is 0 Å². The molecule has 0 bridgehead atoms. The summed E-state index contributed by atoms with van der Waals surface area (Å²) >= 11 is 17.2. The molecule has 530 valence electrons. The van der Waals surface area contributed by atoms with Crippen LogP contribution >= 0.6 is 222 Å². The lowest BCUT2D eigenvalue weighted by Crippen LogP contribution is -2.49. The van der Waals surface area contributed by atoms with E-state index in [4.69, 9.17) is 19.2 Å². The third-order valence-corrected chi connectivity index (χ3v) is 19.4. The fourth-order valence-electron chi connectivity index (χ4n) is 9.88. The molecule has 0 saturated carbocycles. The Morgan fingerprint density at radius 3 is 1.61 bits per heavy atom. The first-order chi connectivity index (χ1) is 45.2. The number of ether oxygens (including phenoxy) is 4. The molecule has 0 aliphatic carbocycles.